The lowest BCUT2D eigenvalue weighted by Gasteiger charge is -2.32. The summed E-state index contributed by atoms with van der Waals surface area (Å²) in [5.41, 5.74) is 0.941. The lowest BCUT2D eigenvalue weighted by Crippen LogP contribution is -2.40. The Hall–Kier alpha value is -3.02. The zero-order valence-corrected chi connectivity index (χ0v) is 20.2. The topological polar surface area (TPSA) is 55.2 Å². The van der Waals surface area contributed by atoms with Gasteiger partial charge in [-0.05, 0) is 62.6 Å². The fraction of sp³-hybridized carbons (Fsp3) is 0.464. The predicted octanol–water partition coefficient (Wildman–Crippen LogP) is 6.18. The number of unbranched alkanes of at least 4 members (excludes halogenated alkanes) is 3. The van der Waals surface area contributed by atoms with E-state index in [1.807, 2.05) is 30.0 Å². The number of benzene rings is 2. The van der Waals surface area contributed by atoms with Gasteiger partial charge >= 0.3 is 0 Å². The van der Waals surface area contributed by atoms with Gasteiger partial charge in [-0.2, -0.15) is 0 Å². The van der Waals surface area contributed by atoms with Gasteiger partial charge in [-0.3, -0.25) is 14.2 Å². The average Bonchev–Trinajstić information content (AvgIpc) is 3.39. The number of rotatable bonds is 9. The van der Waals surface area contributed by atoms with Gasteiger partial charge in [-0.25, -0.2) is 9.37 Å². The minimum Gasteiger partial charge on any atom is -0.333 e. The molecule has 1 amide bonds. The molecule has 1 heterocycles. The standard InChI is InChI=1S/C28H34FN3O2/c1-3-4-5-10-19-31(27(33)21-11-6-7-12-21)20(2)26-30-25-14-9-8-13-24(25)28(34)32(26)23-17-15-22(29)16-18-23/h8-9,13-18,20-21H,3-7,10-12,19H2,1-2H3. The molecule has 3 aromatic rings. The Kier molecular flexibility index (Phi) is 7.76. The van der Waals surface area contributed by atoms with Crippen molar-refractivity contribution in [3.05, 3.63) is 70.5 Å². The number of carbonyl (C=O) groups is 1. The molecule has 5 nitrogen and oxygen atoms in total. The average molecular weight is 464 g/mol. The van der Waals surface area contributed by atoms with Crippen molar-refractivity contribution in [2.45, 2.75) is 71.3 Å². The number of para-hydroxylation sites is 1. The third-order valence-corrected chi connectivity index (χ3v) is 6.97. The summed E-state index contributed by atoms with van der Waals surface area (Å²) in [7, 11) is 0. The second kappa shape index (κ2) is 10.9. The molecular weight excluding hydrogens is 429 g/mol. The van der Waals surface area contributed by atoms with E-state index in [1.54, 1.807) is 22.8 Å². The Labute approximate surface area is 200 Å². The first-order valence-corrected chi connectivity index (χ1v) is 12.6. The Morgan fingerprint density at radius 3 is 2.50 bits per heavy atom. The molecule has 1 aliphatic carbocycles. The second-order valence-electron chi connectivity index (χ2n) is 9.35. The predicted molar refractivity (Wildman–Crippen MR) is 134 cm³/mol. The number of halogens is 1. The van der Waals surface area contributed by atoms with Crippen molar-refractivity contribution in [1.82, 2.24) is 14.5 Å². The Morgan fingerprint density at radius 1 is 1.09 bits per heavy atom. The third kappa shape index (κ3) is 5.06. The molecule has 0 aliphatic heterocycles. The molecular formula is C28H34FN3O2. The van der Waals surface area contributed by atoms with Gasteiger partial charge in [0.05, 0.1) is 22.6 Å². The summed E-state index contributed by atoms with van der Waals surface area (Å²) in [6.45, 7) is 4.77. The molecule has 0 spiro atoms. The van der Waals surface area contributed by atoms with E-state index in [1.165, 1.54) is 12.1 Å². The van der Waals surface area contributed by atoms with E-state index in [4.69, 9.17) is 4.98 Å². The molecule has 0 radical (unpaired) electrons. The van der Waals surface area contributed by atoms with Crippen LogP contribution < -0.4 is 5.56 Å². The highest BCUT2D eigenvalue weighted by atomic mass is 19.1. The summed E-state index contributed by atoms with van der Waals surface area (Å²) in [5.74, 6) is 0.348. The first-order valence-electron chi connectivity index (χ1n) is 12.6. The van der Waals surface area contributed by atoms with Crippen LogP contribution in [0.25, 0.3) is 16.6 Å². The summed E-state index contributed by atoms with van der Waals surface area (Å²) in [5, 5.41) is 0.499. The number of fused-ring (bicyclic) bond motifs is 1. The van der Waals surface area contributed by atoms with Gasteiger partial charge < -0.3 is 4.90 Å². The molecule has 34 heavy (non-hydrogen) atoms. The number of carbonyl (C=O) groups excluding carboxylic acids is 1. The van der Waals surface area contributed by atoms with Gasteiger partial charge in [0.15, 0.2) is 0 Å². The molecule has 1 atom stereocenters. The first kappa shape index (κ1) is 24.1. The fourth-order valence-corrected chi connectivity index (χ4v) is 5.02. The van der Waals surface area contributed by atoms with E-state index < -0.39 is 6.04 Å². The lowest BCUT2D eigenvalue weighted by molar-refractivity contribution is -0.137. The van der Waals surface area contributed by atoms with Gasteiger partial charge in [0.2, 0.25) is 5.91 Å². The largest absolute Gasteiger partial charge is 0.333 e. The van der Waals surface area contributed by atoms with Crippen molar-refractivity contribution in [2.75, 3.05) is 6.54 Å². The van der Waals surface area contributed by atoms with Gasteiger partial charge in [0.1, 0.15) is 11.6 Å². The Morgan fingerprint density at radius 2 is 1.79 bits per heavy atom. The van der Waals surface area contributed by atoms with Crippen molar-refractivity contribution in [3.8, 4) is 5.69 Å². The number of hydrogen-bond donors (Lipinski definition) is 0. The highest BCUT2D eigenvalue weighted by Crippen LogP contribution is 2.31. The molecule has 1 fully saturated rings. The summed E-state index contributed by atoms with van der Waals surface area (Å²) in [6.07, 6.45) is 8.27. The maximum absolute atomic E-state index is 13.7. The molecule has 180 valence electrons. The molecule has 1 saturated carbocycles. The Bertz CT molecular complexity index is 1180. The maximum Gasteiger partial charge on any atom is 0.266 e. The van der Waals surface area contributed by atoms with Crippen molar-refractivity contribution in [3.63, 3.8) is 0 Å². The van der Waals surface area contributed by atoms with Crippen molar-refractivity contribution in [1.29, 1.82) is 0 Å². The SMILES string of the molecule is CCCCCCN(C(=O)C1CCCC1)C(C)c1nc2ccccc2c(=O)n1-c1ccc(F)cc1. The molecule has 0 bridgehead atoms. The van der Waals surface area contributed by atoms with Crippen LogP contribution in [-0.2, 0) is 4.79 Å². The minimum atomic E-state index is -0.392. The molecule has 1 aromatic heterocycles. The van der Waals surface area contributed by atoms with Crippen LogP contribution >= 0.6 is 0 Å². The van der Waals surface area contributed by atoms with E-state index in [0.717, 1.165) is 51.4 Å². The van der Waals surface area contributed by atoms with Crippen molar-refractivity contribution >= 4 is 16.8 Å². The van der Waals surface area contributed by atoms with Gasteiger partial charge in [-0.1, -0.05) is 51.2 Å². The number of aromatic nitrogens is 2. The van der Waals surface area contributed by atoms with Crippen LogP contribution in [0.4, 0.5) is 4.39 Å². The quantitative estimate of drug-likeness (QED) is 0.356. The number of nitrogens with zero attached hydrogens (tertiary/aromatic N) is 3. The van der Waals surface area contributed by atoms with E-state index in [9.17, 15) is 14.0 Å². The molecule has 6 heteroatoms. The highest BCUT2D eigenvalue weighted by Gasteiger charge is 2.32. The Balaban J connectivity index is 1.80. The van der Waals surface area contributed by atoms with Crippen molar-refractivity contribution in [2.24, 2.45) is 5.92 Å². The minimum absolute atomic E-state index is 0.0417. The first-order chi connectivity index (χ1) is 16.5. The van der Waals surface area contributed by atoms with Crippen LogP contribution in [0.15, 0.2) is 53.3 Å². The van der Waals surface area contributed by atoms with E-state index in [0.29, 0.717) is 29.0 Å². The third-order valence-electron chi connectivity index (χ3n) is 6.97. The summed E-state index contributed by atoms with van der Waals surface area (Å²) < 4.78 is 15.2. The fourth-order valence-electron chi connectivity index (χ4n) is 5.02. The zero-order chi connectivity index (χ0) is 24.1. The molecule has 1 aliphatic rings. The molecule has 0 saturated heterocycles. The molecule has 0 N–H and O–H groups in total. The summed E-state index contributed by atoms with van der Waals surface area (Å²) >= 11 is 0. The highest BCUT2D eigenvalue weighted by molar-refractivity contribution is 5.80. The molecule has 2 aromatic carbocycles. The van der Waals surface area contributed by atoms with Crippen LogP contribution in [0.5, 0.6) is 0 Å². The lowest BCUT2D eigenvalue weighted by atomic mass is 10.0. The van der Waals surface area contributed by atoms with Crippen LogP contribution in [0.1, 0.15) is 77.1 Å². The van der Waals surface area contributed by atoms with Crippen LogP contribution in [-0.4, -0.2) is 26.9 Å². The molecule has 4 rings (SSSR count). The van der Waals surface area contributed by atoms with E-state index >= 15 is 0 Å². The van der Waals surface area contributed by atoms with Crippen LogP contribution in [0.2, 0.25) is 0 Å². The zero-order valence-electron chi connectivity index (χ0n) is 20.2. The summed E-state index contributed by atoms with van der Waals surface area (Å²) in [4.78, 5) is 34.1. The maximum atomic E-state index is 13.7. The number of hydrogen-bond acceptors (Lipinski definition) is 3. The van der Waals surface area contributed by atoms with Crippen LogP contribution in [0.3, 0.4) is 0 Å². The van der Waals surface area contributed by atoms with Crippen LogP contribution in [0, 0.1) is 11.7 Å². The monoisotopic (exact) mass is 463 g/mol. The van der Waals surface area contributed by atoms with Gasteiger partial charge in [0.25, 0.3) is 5.56 Å². The smallest absolute Gasteiger partial charge is 0.266 e. The summed E-state index contributed by atoms with van der Waals surface area (Å²) in [6, 6.07) is 12.7. The second-order valence-corrected chi connectivity index (χ2v) is 9.35. The normalized spacial score (nSPS) is 15.0. The number of amides is 1. The van der Waals surface area contributed by atoms with E-state index in [2.05, 4.69) is 6.92 Å². The van der Waals surface area contributed by atoms with E-state index in [-0.39, 0.29) is 23.2 Å². The van der Waals surface area contributed by atoms with Gasteiger partial charge in [0, 0.05) is 12.5 Å². The van der Waals surface area contributed by atoms with Crippen molar-refractivity contribution < 1.29 is 9.18 Å². The molecule has 1 unspecified atom stereocenters. The van der Waals surface area contributed by atoms with Gasteiger partial charge in [-0.15, -0.1) is 0 Å².